The summed E-state index contributed by atoms with van der Waals surface area (Å²) in [5.74, 6) is 1.69. The molecule has 0 aliphatic heterocycles. The molecule has 1 aliphatic rings. The van der Waals surface area contributed by atoms with Crippen molar-refractivity contribution < 1.29 is 4.74 Å². The number of aryl methyl sites for hydroxylation is 1. The van der Waals surface area contributed by atoms with Crippen LogP contribution in [0.25, 0.3) is 37.3 Å². The summed E-state index contributed by atoms with van der Waals surface area (Å²) in [6.45, 7) is 4.07. The van der Waals surface area contributed by atoms with Gasteiger partial charge in [-0.2, -0.15) is 0 Å². The fraction of sp³-hybridized carbons (Fsp3) is 0.241. The van der Waals surface area contributed by atoms with Gasteiger partial charge < -0.3 is 4.74 Å². The number of nitrogens with zero attached hydrogens (tertiary/aromatic N) is 5. The van der Waals surface area contributed by atoms with Gasteiger partial charge in [-0.05, 0) is 61.9 Å². The zero-order chi connectivity index (χ0) is 24.9. The van der Waals surface area contributed by atoms with Crippen LogP contribution < -0.4 is 4.74 Å². The van der Waals surface area contributed by atoms with E-state index in [1.54, 1.807) is 23.1 Å². The fourth-order valence-corrected chi connectivity index (χ4v) is 7.15. The Morgan fingerprint density at radius 2 is 1.81 bits per heavy atom. The topological polar surface area (TPSA) is 65.2 Å². The van der Waals surface area contributed by atoms with Gasteiger partial charge in [0.2, 0.25) is 0 Å². The maximum Gasteiger partial charge on any atom is 0.197 e. The minimum Gasteiger partial charge on any atom is -0.491 e. The van der Waals surface area contributed by atoms with Crippen molar-refractivity contribution in [3.05, 3.63) is 77.6 Å². The van der Waals surface area contributed by atoms with E-state index in [-0.39, 0.29) is 6.10 Å². The Labute approximate surface area is 222 Å². The number of rotatable bonds is 6. The van der Waals surface area contributed by atoms with Gasteiger partial charge in [0, 0.05) is 16.7 Å². The maximum absolute atomic E-state index is 5.76. The number of ether oxygens (including phenoxy) is 1. The largest absolute Gasteiger partial charge is 0.491 e. The van der Waals surface area contributed by atoms with Crippen molar-refractivity contribution in [3.63, 3.8) is 0 Å². The quantitative estimate of drug-likeness (QED) is 0.217. The van der Waals surface area contributed by atoms with Crippen molar-refractivity contribution in [1.29, 1.82) is 0 Å². The lowest BCUT2D eigenvalue weighted by atomic mass is 10.0. The van der Waals surface area contributed by atoms with Crippen molar-refractivity contribution in [3.8, 4) is 17.0 Å². The Bertz CT molecular complexity index is 1760. The Hall–Kier alpha value is -3.49. The first-order valence-electron chi connectivity index (χ1n) is 12.6. The molecule has 2 aromatic carbocycles. The van der Waals surface area contributed by atoms with Crippen LogP contribution in [0, 0.1) is 0 Å². The molecule has 1 aliphatic carbocycles. The van der Waals surface area contributed by atoms with Gasteiger partial charge in [0.15, 0.2) is 10.8 Å². The average Bonchev–Trinajstić information content (AvgIpc) is 3.64. The fourth-order valence-electron chi connectivity index (χ4n) is 5.16. The molecular weight excluding hydrogens is 498 g/mol. The second kappa shape index (κ2) is 9.11. The van der Waals surface area contributed by atoms with Crippen LogP contribution in [0.4, 0.5) is 0 Å². The molecule has 8 heteroatoms. The van der Waals surface area contributed by atoms with Crippen LogP contribution in [0.3, 0.4) is 0 Å². The van der Waals surface area contributed by atoms with E-state index in [1.165, 1.54) is 27.6 Å². The predicted octanol–water partition coefficient (Wildman–Crippen LogP) is 7.12. The van der Waals surface area contributed by atoms with Gasteiger partial charge in [-0.25, -0.2) is 9.97 Å². The van der Waals surface area contributed by atoms with Gasteiger partial charge in [0.05, 0.1) is 17.3 Å². The van der Waals surface area contributed by atoms with Crippen LogP contribution in [-0.4, -0.2) is 30.7 Å². The summed E-state index contributed by atoms with van der Waals surface area (Å²) in [5.41, 5.74) is 8.15. The lowest BCUT2D eigenvalue weighted by molar-refractivity contribution is 0.242. The monoisotopic (exact) mass is 523 g/mol. The molecule has 0 saturated carbocycles. The third-order valence-corrected chi connectivity index (χ3v) is 8.85. The smallest absolute Gasteiger partial charge is 0.197 e. The molecule has 0 unspecified atom stereocenters. The Kier molecular flexibility index (Phi) is 5.59. The summed E-state index contributed by atoms with van der Waals surface area (Å²) in [5, 5.41) is 11.2. The number of pyridine rings is 1. The van der Waals surface area contributed by atoms with E-state index in [4.69, 9.17) is 14.7 Å². The van der Waals surface area contributed by atoms with E-state index in [1.807, 2.05) is 36.7 Å². The second-order valence-corrected chi connectivity index (χ2v) is 11.6. The summed E-state index contributed by atoms with van der Waals surface area (Å²) >= 11 is 3.34. The van der Waals surface area contributed by atoms with Crippen molar-refractivity contribution in [2.75, 3.05) is 0 Å². The maximum atomic E-state index is 5.76. The molecule has 0 fully saturated rings. The van der Waals surface area contributed by atoms with Gasteiger partial charge in [-0.3, -0.25) is 4.40 Å². The summed E-state index contributed by atoms with van der Waals surface area (Å²) in [7, 11) is 0. The zero-order valence-electron chi connectivity index (χ0n) is 20.6. The van der Waals surface area contributed by atoms with E-state index < -0.39 is 0 Å². The first kappa shape index (κ1) is 22.7. The minimum atomic E-state index is 0.169. The van der Waals surface area contributed by atoms with Crippen LogP contribution in [0.15, 0.2) is 66.1 Å². The van der Waals surface area contributed by atoms with Crippen LogP contribution in [0.1, 0.15) is 37.0 Å². The number of benzene rings is 2. The van der Waals surface area contributed by atoms with Crippen molar-refractivity contribution in [2.24, 2.45) is 0 Å². The number of hydrogen-bond donors (Lipinski definition) is 0. The van der Waals surface area contributed by atoms with E-state index in [0.717, 1.165) is 62.3 Å². The lowest BCUT2D eigenvalue weighted by Gasteiger charge is -2.09. The van der Waals surface area contributed by atoms with E-state index in [0.29, 0.717) is 0 Å². The van der Waals surface area contributed by atoms with Crippen LogP contribution in [0.2, 0.25) is 0 Å². The van der Waals surface area contributed by atoms with Crippen LogP contribution in [-0.2, 0) is 18.6 Å². The van der Waals surface area contributed by atoms with Crippen LogP contribution in [0.5, 0.6) is 5.75 Å². The van der Waals surface area contributed by atoms with E-state index >= 15 is 0 Å². The molecular formula is C29H25N5OS2. The van der Waals surface area contributed by atoms with E-state index in [2.05, 4.69) is 52.7 Å². The number of aromatic nitrogens is 5. The molecule has 0 atom stereocenters. The lowest BCUT2D eigenvalue weighted by Crippen LogP contribution is -2.05. The molecule has 0 saturated heterocycles. The first-order valence-corrected chi connectivity index (χ1v) is 14.4. The Morgan fingerprint density at radius 3 is 2.62 bits per heavy atom. The van der Waals surface area contributed by atoms with Crippen molar-refractivity contribution in [2.45, 2.75) is 50.1 Å². The molecule has 37 heavy (non-hydrogen) atoms. The van der Waals surface area contributed by atoms with Gasteiger partial charge in [-0.15, -0.1) is 21.5 Å². The van der Waals surface area contributed by atoms with Crippen molar-refractivity contribution >= 4 is 49.2 Å². The summed E-state index contributed by atoms with van der Waals surface area (Å²) in [6.07, 6.45) is 5.34. The standard InChI is InChI=1S/C29H25N5OS2/c1-17(2)35-20-13-11-18(12-14-20)15-36-29-33-32-27-26-25(30-16-34(27)29)23-21-9-6-10-22(21)24(31-28(23)37-26)19-7-4-3-5-8-19/h3-5,7-8,11-14,16-17H,6,9-10,15H2,1-2H3. The molecule has 184 valence electrons. The third-order valence-electron chi connectivity index (χ3n) is 6.76. The summed E-state index contributed by atoms with van der Waals surface area (Å²) in [6, 6.07) is 18.8. The van der Waals surface area contributed by atoms with Crippen LogP contribution >= 0.6 is 23.1 Å². The van der Waals surface area contributed by atoms with Gasteiger partial charge in [-0.1, -0.05) is 54.2 Å². The Morgan fingerprint density at radius 1 is 1.00 bits per heavy atom. The van der Waals surface area contributed by atoms with Gasteiger partial charge in [0.25, 0.3) is 0 Å². The number of fused-ring (bicyclic) bond motifs is 7. The molecule has 0 bridgehead atoms. The summed E-state index contributed by atoms with van der Waals surface area (Å²) < 4.78 is 8.82. The zero-order valence-corrected chi connectivity index (χ0v) is 22.3. The highest BCUT2D eigenvalue weighted by atomic mass is 32.2. The molecule has 4 heterocycles. The highest BCUT2D eigenvalue weighted by molar-refractivity contribution is 7.98. The van der Waals surface area contributed by atoms with Gasteiger partial charge in [0.1, 0.15) is 21.6 Å². The second-order valence-electron chi connectivity index (χ2n) is 9.62. The van der Waals surface area contributed by atoms with Crippen molar-refractivity contribution in [1.82, 2.24) is 24.6 Å². The SMILES string of the molecule is CC(C)Oc1ccc(CSc2nnc3c4sc5nc(-c6ccccc6)c6c(c5c4ncn23)CCC6)cc1. The molecule has 7 rings (SSSR count). The number of thiophene rings is 1. The molecule has 0 radical (unpaired) electrons. The predicted molar refractivity (Wildman–Crippen MR) is 151 cm³/mol. The Balaban J connectivity index is 1.26. The van der Waals surface area contributed by atoms with E-state index in [9.17, 15) is 0 Å². The molecule has 0 amide bonds. The molecule has 0 N–H and O–H groups in total. The highest BCUT2D eigenvalue weighted by Crippen LogP contribution is 2.43. The molecule has 4 aromatic heterocycles. The number of thioether (sulfide) groups is 1. The number of hydrogen-bond acceptors (Lipinski definition) is 7. The normalized spacial score (nSPS) is 13.3. The average molecular weight is 524 g/mol. The molecule has 0 spiro atoms. The highest BCUT2D eigenvalue weighted by Gasteiger charge is 2.25. The molecule has 6 aromatic rings. The first-order chi connectivity index (χ1) is 18.2. The molecule has 6 nitrogen and oxygen atoms in total. The van der Waals surface area contributed by atoms with Gasteiger partial charge >= 0.3 is 0 Å². The third kappa shape index (κ3) is 3.95. The minimum absolute atomic E-state index is 0.169. The summed E-state index contributed by atoms with van der Waals surface area (Å²) in [4.78, 5) is 11.1.